The van der Waals surface area contributed by atoms with Crippen LogP contribution in [0.1, 0.15) is 17.0 Å². The van der Waals surface area contributed by atoms with Gasteiger partial charge >= 0.3 is 0 Å². The van der Waals surface area contributed by atoms with Crippen molar-refractivity contribution in [1.29, 1.82) is 0 Å². The number of rotatable bonds is 5. The molecule has 0 aliphatic carbocycles. The van der Waals surface area contributed by atoms with Crippen molar-refractivity contribution in [2.45, 2.75) is 26.9 Å². The number of aliphatic hydroxyl groups excluding tert-OH is 1. The molecule has 2 aromatic rings. The molecular weight excluding hydrogens is 228 g/mol. The summed E-state index contributed by atoms with van der Waals surface area (Å²) in [6.07, 6.45) is 1.78. The van der Waals surface area contributed by atoms with Crippen molar-refractivity contribution in [2.75, 3.05) is 11.9 Å². The number of nitrogens with one attached hydrogen (secondary N) is 1. The highest BCUT2D eigenvalue weighted by Crippen LogP contribution is 2.18. The minimum atomic E-state index is 0.0822. The van der Waals surface area contributed by atoms with Crippen LogP contribution in [0.5, 0.6) is 0 Å². The second-order valence-corrected chi connectivity index (χ2v) is 4.18. The van der Waals surface area contributed by atoms with Crippen LogP contribution in [0.25, 0.3) is 0 Å². The van der Waals surface area contributed by atoms with Crippen LogP contribution in [0.3, 0.4) is 0 Å². The third-order valence-corrected chi connectivity index (χ3v) is 2.90. The predicted octanol–water partition coefficient (Wildman–Crippen LogP) is 1.50. The first-order chi connectivity index (χ1) is 8.72. The zero-order chi connectivity index (χ0) is 13.0. The molecule has 0 spiro atoms. The Bertz CT molecular complexity index is 507. The molecule has 2 N–H and O–H groups in total. The van der Waals surface area contributed by atoms with Gasteiger partial charge in [0.05, 0.1) is 31.1 Å². The van der Waals surface area contributed by atoms with E-state index >= 15 is 0 Å². The van der Waals surface area contributed by atoms with Crippen molar-refractivity contribution in [3.8, 4) is 0 Å². The minimum absolute atomic E-state index is 0.0822. The van der Waals surface area contributed by atoms with E-state index in [-0.39, 0.29) is 6.61 Å². The molecule has 0 aliphatic rings. The molecule has 2 rings (SSSR count). The van der Waals surface area contributed by atoms with Gasteiger partial charge in [-0.1, -0.05) is 6.07 Å². The van der Waals surface area contributed by atoms with E-state index in [1.807, 2.05) is 32.0 Å². The molecule has 0 fully saturated rings. The van der Waals surface area contributed by atoms with Gasteiger partial charge in [-0.05, 0) is 26.0 Å². The highest BCUT2D eigenvalue weighted by atomic mass is 16.3. The predicted molar refractivity (Wildman–Crippen MR) is 70.4 cm³/mol. The van der Waals surface area contributed by atoms with Crippen LogP contribution in [-0.2, 0) is 13.1 Å². The van der Waals surface area contributed by atoms with Crippen LogP contribution >= 0.6 is 0 Å². The van der Waals surface area contributed by atoms with E-state index in [2.05, 4.69) is 15.4 Å². The Morgan fingerprint density at radius 2 is 2.17 bits per heavy atom. The molecule has 5 heteroatoms. The maximum atomic E-state index is 9.03. The van der Waals surface area contributed by atoms with Gasteiger partial charge in [-0.3, -0.25) is 4.98 Å². The summed E-state index contributed by atoms with van der Waals surface area (Å²) in [7, 11) is 0. The Balaban J connectivity index is 2.13. The minimum Gasteiger partial charge on any atom is -0.394 e. The lowest BCUT2D eigenvalue weighted by molar-refractivity contribution is 0.270. The monoisotopic (exact) mass is 246 g/mol. The van der Waals surface area contributed by atoms with E-state index in [9.17, 15) is 0 Å². The maximum Gasteiger partial charge on any atom is 0.127 e. The number of aryl methyl sites for hydroxylation is 1. The van der Waals surface area contributed by atoms with E-state index < -0.39 is 0 Å². The summed E-state index contributed by atoms with van der Waals surface area (Å²) in [5.74, 6) is 0.951. The smallest absolute Gasteiger partial charge is 0.127 e. The van der Waals surface area contributed by atoms with Gasteiger partial charge in [-0.15, -0.1) is 0 Å². The largest absolute Gasteiger partial charge is 0.394 e. The van der Waals surface area contributed by atoms with Crippen LogP contribution in [-0.4, -0.2) is 26.5 Å². The van der Waals surface area contributed by atoms with E-state index in [0.29, 0.717) is 13.1 Å². The number of hydrogen-bond acceptors (Lipinski definition) is 4. The van der Waals surface area contributed by atoms with Gasteiger partial charge in [-0.25, -0.2) is 4.68 Å². The molecular formula is C13H18N4O. The number of pyridine rings is 1. The van der Waals surface area contributed by atoms with Crippen LogP contribution in [0, 0.1) is 13.8 Å². The second kappa shape index (κ2) is 5.64. The van der Waals surface area contributed by atoms with Crippen molar-refractivity contribution in [1.82, 2.24) is 14.8 Å². The first-order valence-electron chi connectivity index (χ1n) is 6.01. The van der Waals surface area contributed by atoms with E-state index in [1.165, 1.54) is 0 Å². The van der Waals surface area contributed by atoms with E-state index in [0.717, 1.165) is 22.8 Å². The zero-order valence-electron chi connectivity index (χ0n) is 10.7. The molecule has 0 bridgehead atoms. The maximum absolute atomic E-state index is 9.03. The number of aliphatic hydroxyl groups is 1. The van der Waals surface area contributed by atoms with E-state index in [4.69, 9.17) is 5.11 Å². The van der Waals surface area contributed by atoms with Crippen molar-refractivity contribution < 1.29 is 5.11 Å². The standard InChI is InChI=1S/C13H18N4O/c1-10-11(2)16-17(7-8-18)13(10)15-9-12-5-3-4-6-14-12/h3-6,15,18H,7-9H2,1-2H3. The summed E-state index contributed by atoms with van der Waals surface area (Å²) in [5.41, 5.74) is 3.07. The van der Waals surface area contributed by atoms with Gasteiger partial charge in [0.1, 0.15) is 5.82 Å². The number of aromatic nitrogens is 3. The Morgan fingerprint density at radius 1 is 1.33 bits per heavy atom. The third kappa shape index (κ3) is 2.68. The molecule has 0 unspecified atom stereocenters. The molecule has 0 amide bonds. The SMILES string of the molecule is Cc1nn(CCO)c(NCc2ccccn2)c1C. The fraction of sp³-hybridized carbons (Fsp3) is 0.385. The van der Waals surface area contributed by atoms with E-state index in [1.54, 1.807) is 10.9 Å². The lowest BCUT2D eigenvalue weighted by Crippen LogP contribution is -2.11. The lowest BCUT2D eigenvalue weighted by Gasteiger charge is -2.09. The fourth-order valence-electron chi connectivity index (χ4n) is 1.83. The number of nitrogens with zero attached hydrogens (tertiary/aromatic N) is 3. The summed E-state index contributed by atoms with van der Waals surface area (Å²) in [5, 5.41) is 16.7. The highest BCUT2D eigenvalue weighted by Gasteiger charge is 2.10. The number of anilines is 1. The van der Waals surface area contributed by atoms with Gasteiger partial charge < -0.3 is 10.4 Å². The Morgan fingerprint density at radius 3 is 2.83 bits per heavy atom. The molecule has 0 radical (unpaired) electrons. The molecule has 0 atom stereocenters. The molecule has 0 aliphatic heterocycles. The van der Waals surface area contributed by atoms with Crippen molar-refractivity contribution in [2.24, 2.45) is 0 Å². The molecule has 5 nitrogen and oxygen atoms in total. The van der Waals surface area contributed by atoms with Gasteiger partial charge in [0.2, 0.25) is 0 Å². The van der Waals surface area contributed by atoms with Gasteiger partial charge in [0, 0.05) is 11.8 Å². The molecule has 0 saturated heterocycles. The molecule has 2 heterocycles. The topological polar surface area (TPSA) is 63.0 Å². The lowest BCUT2D eigenvalue weighted by atomic mass is 10.2. The Kier molecular flexibility index (Phi) is 3.94. The number of hydrogen-bond donors (Lipinski definition) is 2. The summed E-state index contributed by atoms with van der Waals surface area (Å²) in [6.45, 7) is 5.22. The summed E-state index contributed by atoms with van der Waals surface area (Å²) < 4.78 is 1.80. The zero-order valence-corrected chi connectivity index (χ0v) is 10.7. The third-order valence-electron chi connectivity index (χ3n) is 2.90. The molecule has 96 valence electrons. The van der Waals surface area contributed by atoms with Crippen LogP contribution in [0.15, 0.2) is 24.4 Å². The fourth-order valence-corrected chi connectivity index (χ4v) is 1.83. The second-order valence-electron chi connectivity index (χ2n) is 4.18. The van der Waals surface area contributed by atoms with Gasteiger partial charge in [-0.2, -0.15) is 5.10 Å². The average Bonchev–Trinajstić information content (AvgIpc) is 2.65. The van der Waals surface area contributed by atoms with Crippen LogP contribution in [0.2, 0.25) is 0 Å². The molecule has 18 heavy (non-hydrogen) atoms. The van der Waals surface area contributed by atoms with Crippen LogP contribution in [0.4, 0.5) is 5.82 Å². The Hall–Kier alpha value is -1.88. The Labute approximate surface area is 106 Å². The first kappa shape index (κ1) is 12.6. The van der Waals surface area contributed by atoms with Gasteiger partial charge in [0.15, 0.2) is 0 Å². The van der Waals surface area contributed by atoms with Crippen LogP contribution < -0.4 is 5.32 Å². The van der Waals surface area contributed by atoms with Crippen molar-refractivity contribution >= 4 is 5.82 Å². The normalized spacial score (nSPS) is 10.6. The average molecular weight is 246 g/mol. The summed E-state index contributed by atoms with van der Waals surface area (Å²) in [6, 6.07) is 5.84. The molecule has 2 aromatic heterocycles. The molecule has 0 saturated carbocycles. The highest BCUT2D eigenvalue weighted by molar-refractivity contribution is 5.46. The summed E-state index contributed by atoms with van der Waals surface area (Å²) in [4.78, 5) is 4.26. The van der Waals surface area contributed by atoms with Crippen molar-refractivity contribution in [3.05, 3.63) is 41.3 Å². The summed E-state index contributed by atoms with van der Waals surface area (Å²) >= 11 is 0. The van der Waals surface area contributed by atoms with Gasteiger partial charge in [0.25, 0.3) is 0 Å². The van der Waals surface area contributed by atoms with Crippen molar-refractivity contribution in [3.63, 3.8) is 0 Å². The molecule has 0 aromatic carbocycles. The first-order valence-corrected chi connectivity index (χ1v) is 6.01. The quantitative estimate of drug-likeness (QED) is 0.839.